The largest absolute Gasteiger partial charge is 0.363 e. The molecule has 0 N–H and O–H groups in total. The van der Waals surface area contributed by atoms with Crippen molar-refractivity contribution >= 4 is 28.5 Å². The molecule has 0 unspecified atom stereocenters. The van der Waals surface area contributed by atoms with E-state index in [1.807, 2.05) is 75.3 Å². The fourth-order valence-corrected chi connectivity index (χ4v) is 3.08. The Bertz CT molecular complexity index is 974. The lowest BCUT2D eigenvalue weighted by molar-refractivity contribution is 0.509. The molecule has 0 radical (unpaired) electrons. The molecular formula is C24H25ClN2. The normalized spacial score (nSPS) is 10.9. The Hall–Kier alpha value is -2.80. The highest BCUT2D eigenvalue weighted by Crippen LogP contribution is 2.35. The zero-order chi connectivity index (χ0) is 20.1. The molecule has 2 nitrogen and oxygen atoms in total. The zero-order valence-corrected chi connectivity index (χ0v) is 17.2. The van der Waals surface area contributed by atoms with E-state index in [1.165, 1.54) is 0 Å². The van der Waals surface area contributed by atoms with Gasteiger partial charge in [0.1, 0.15) is 5.82 Å². The minimum absolute atomic E-state index is 0.664. The number of benzene rings is 2. The van der Waals surface area contributed by atoms with Crippen molar-refractivity contribution in [3.8, 4) is 0 Å². The highest BCUT2D eigenvalue weighted by molar-refractivity contribution is 6.33. The molecule has 0 heterocycles. The van der Waals surface area contributed by atoms with Gasteiger partial charge in [-0.05, 0) is 36.6 Å². The maximum atomic E-state index is 6.46. The number of aryl methyl sites for hydroxylation is 1. The summed E-state index contributed by atoms with van der Waals surface area (Å²) in [5.41, 5.74) is 9.41. The van der Waals surface area contributed by atoms with Crippen molar-refractivity contribution in [1.82, 2.24) is 4.90 Å². The van der Waals surface area contributed by atoms with Gasteiger partial charge in [0, 0.05) is 41.5 Å². The third-order valence-electron chi connectivity index (χ3n) is 4.33. The first-order valence-electron chi connectivity index (χ1n) is 8.63. The Balaban J connectivity index is 2.55. The molecule has 2 aromatic rings. The average Bonchev–Trinajstić information content (AvgIpc) is 2.62. The summed E-state index contributed by atoms with van der Waals surface area (Å²) in [6, 6.07) is 13.9. The molecule has 0 spiro atoms. The summed E-state index contributed by atoms with van der Waals surface area (Å²) in [7, 11) is 3.84. The summed E-state index contributed by atoms with van der Waals surface area (Å²) >= 11 is 6.46. The molecule has 0 bridgehead atoms. The lowest BCUT2D eigenvalue weighted by Crippen LogP contribution is -2.10. The first-order valence-corrected chi connectivity index (χ1v) is 9.01. The second kappa shape index (κ2) is 8.73. The predicted molar refractivity (Wildman–Crippen MR) is 119 cm³/mol. The van der Waals surface area contributed by atoms with Crippen molar-refractivity contribution in [2.24, 2.45) is 4.99 Å². The quantitative estimate of drug-likeness (QED) is 0.325. The summed E-state index contributed by atoms with van der Waals surface area (Å²) in [6.07, 6.45) is 0. The van der Waals surface area contributed by atoms with E-state index in [4.69, 9.17) is 11.6 Å². The average molecular weight is 377 g/mol. The van der Waals surface area contributed by atoms with Crippen molar-refractivity contribution in [3.63, 3.8) is 0 Å². The van der Waals surface area contributed by atoms with Crippen molar-refractivity contribution < 1.29 is 0 Å². The second-order valence-corrected chi connectivity index (χ2v) is 6.97. The lowest BCUT2D eigenvalue weighted by Gasteiger charge is -2.17. The van der Waals surface area contributed by atoms with E-state index in [2.05, 4.69) is 30.5 Å². The van der Waals surface area contributed by atoms with Gasteiger partial charge in [0.2, 0.25) is 0 Å². The molecule has 0 saturated heterocycles. The van der Waals surface area contributed by atoms with Gasteiger partial charge >= 0.3 is 0 Å². The number of rotatable bonds is 6. The van der Waals surface area contributed by atoms with Crippen molar-refractivity contribution in [2.75, 3.05) is 14.1 Å². The van der Waals surface area contributed by atoms with Gasteiger partial charge in [0.15, 0.2) is 0 Å². The SMILES string of the molecule is C=C=C(C(=C)c1ccc(C)cc1Cl)c1ccccc1/C(C)=N/C(=C)N(C)C. The van der Waals surface area contributed by atoms with Crippen LogP contribution < -0.4 is 0 Å². The van der Waals surface area contributed by atoms with Gasteiger partial charge in [-0.15, -0.1) is 5.73 Å². The van der Waals surface area contributed by atoms with Crippen LogP contribution in [-0.4, -0.2) is 24.7 Å². The standard InChI is InChI=1S/C24H25ClN2/c1-8-20(17(3)21-14-13-16(2)15-24(21)25)23-12-10-9-11-22(23)18(4)26-19(5)27(6)7/h9-15H,1,3,5H2,2,4,6-7H3/b26-18+. The highest BCUT2D eigenvalue weighted by atomic mass is 35.5. The van der Waals surface area contributed by atoms with E-state index in [0.717, 1.165) is 39.1 Å². The predicted octanol–water partition coefficient (Wildman–Crippen LogP) is 6.37. The van der Waals surface area contributed by atoms with Gasteiger partial charge < -0.3 is 4.90 Å². The Kier molecular flexibility index (Phi) is 6.63. The number of aliphatic imine (C=N–C) groups is 1. The minimum atomic E-state index is 0.664. The fourth-order valence-electron chi connectivity index (χ4n) is 2.73. The summed E-state index contributed by atoms with van der Waals surface area (Å²) in [5.74, 6) is 0.687. The van der Waals surface area contributed by atoms with Gasteiger partial charge in [-0.1, -0.05) is 67.7 Å². The number of hydrogen-bond acceptors (Lipinski definition) is 2. The van der Waals surface area contributed by atoms with Crippen LogP contribution >= 0.6 is 11.6 Å². The number of halogens is 1. The van der Waals surface area contributed by atoms with E-state index < -0.39 is 0 Å². The van der Waals surface area contributed by atoms with E-state index in [0.29, 0.717) is 10.8 Å². The Morgan fingerprint density at radius 3 is 2.22 bits per heavy atom. The Labute approximate surface area is 167 Å². The van der Waals surface area contributed by atoms with Gasteiger partial charge in [-0.3, -0.25) is 0 Å². The monoisotopic (exact) mass is 376 g/mol. The van der Waals surface area contributed by atoms with Crippen molar-refractivity contribution in [2.45, 2.75) is 13.8 Å². The first-order chi connectivity index (χ1) is 12.8. The van der Waals surface area contributed by atoms with Gasteiger partial charge in [0.05, 0.1) is 0 Å². The highest BCUT2D eigenvalue weighted by Gasteiger charge is 2.15. The summed E-state index contributed by atoms with van der Waals surface area (Å²) in [5, 5.41) is 0.664. The van der Waals surface area contributed by atoms with E-state index in [-0.39, 0.29) is 0 Å². The molecule has 0 amide bonds. The van der Waals surface area contributed by atoms with Gasteiger partial charge in [-0.25, -0.2) is 4.99 Å². The van der Waals surface area contributed by atoms with Crippen LogP contribution in [0.4, 0.5) is 0 Å². The topological polar surface area (TPSA) is 15.6 Å². The first kappa shape index (κ1) is 20.5. The smallest absolute Gasteiger partial charge is 0.121 e. The minimum Gasteiger partial charge on any atom is -0.363 e. The van der Waals surface area contributed by atoms with E-state index in [9.17, 15) is 0 Å². The van der Waals surface area contributed by atoms with Crippen LogP contribution in [0.3, 0.4) is 0 Å². The van der Waals surface area contributed by atoms with Gasteiger partial charge in [0.25, 0.3) is 0 Å². The third-order valence-corrected chi connectivity index (χ3v) is 4.64. The molecule has 0 fully saturated rings. The molecule has 0 aromatic heterocycles. The van der Waals surface area contributed by atoms with Crippen LogP contribution in [0.1, 0.15) is 29.2 Å². The molecule has 2 aromatic carbocycles. The summed E-state index contributed by atoms with van der Waals surface area (Å²) in [6.45, 7) is 16.1. The number of hydrogen-bond donors (Lipinski definition) is 0. The maximum absolute atomic E-state index is 6.46. The van der Waals surface area contributed by atoms with Crippen LogP contribution in [0.25, 0.3) is 11.1 Å². The molecular weight excluding hydrogens is 352 g/mol. The van der Waals surface area contributed by atoms with E-state index >= 15 is 0 Å². The molecule has 0 saturated carbocycles. The number of allylic oxidation sites excluding steroid dienone is 2. The molecule has 2 rings (SSSR count). The van der Waals surface area contributed by atoms with Crippen LogP contribution in [-0.2, 0) is 0 Å². The van der Waals surface area contributed by atoms with Crippen LogP contribution in [0.15, 0.2) is 78.7 Å². The van der Waals surface area contributed by atoms with Crippen LogP contribution in [0.2, 0.25) is 5.02 Å². The van der Waals surface area contributed by atoms with E-state index in [1.54, 1.807) is 0 Å². The second-order valence-electron chi connectivity index (χ2n) is 6.57. The number of nitrogens with zero attached hydrogens (tertiary/aromatic N) is 2. The maximum Gasteiger partial charge on any atom is 0.121 e. The summed E-state index contributed by atoms with van der Waals surface area (Å²) < 4.78 is 0. The molecule has 0 aliphatic rings. The van der Waals surface area contributed by atoms with Crippen LogP contribution in [0, 0.1) is 6.92 Å². The Morgan fingerprint density at radius 2 is 1.67 bits per heavy atom. The molecule has 3 heteroatoms. The summed E-state index contributed by atoms with van der Waals surface area (Å²) in [4.78, 5) is 6.49. The molecule has 138 valence electrons. The van der Waals surface area contributed by atoms with Crippen molar-refractivity contribution in [1.29, 1.82) is 0 Å². The zero-order valence-electron chi connectivity index (χ0n) is 16.4. The molecule has 0 atom stereocenters. The fraction of sp³-hybridized carbons (Fsp3) is 0.167. The molecule has 27 heavy (non-hydrogen) atoms. The third kappa shape index (κ3) is 4.68. The lowest BCUT2D eigenvalue weighted by atomic mass is 9.89. The van der Waals surface area contributed by atoms with Crippen LogP contribution in [0.5, 0.6) is 0 Å². The molecule has 0 aliphatic carbocycles. The van der Waals surface area contributed by atoms with Crippen molar-refractivity contribution in [3.05, 3.63) is 101 Å². The van der Waals surface area contributed by atoms with Gasteiger partial charge in [-0.2, -0.15) is 0 Å². The molecule has 0 aliphatic heterocycles. The Morgan fingerprint density at radius 1 is 1.04 bits per heavy atom.